The normalized spacial score (nSPS) is 21.6. The first-order valence-electron chi connectivity index (χ1n) is 11.6. The van der Waals surface area contributed by atoms with Gasteiger partial charge in [0.15, 0.2) is 11.6 Å². The predicted molar refractivity (Wildman–Crippen MR) is 111 cm³/mol. The summed E-state index contributed by atoms with van der Waals surface area (Å²) in [7, 11) is 0. The molecule has 0 radical (unpaired) electrons. The van der Waals surface area contributed by atoms with E-state index in [9.17, 15) is 39.5 Å². The Kier molecular flexibility index (Phi) is 7.39. The van der Waals surface area contributed by atoms with E-state index in [1.54, 1.807) is 0 Å². The third-order valence-electron chi connectivity index (χ3n) is 7.10. The highest BCUT2D eigenvalue weighted by molar-refractivity contribution is 5.37. The Morgan fingerprint density at radius 2 is 1.11 bits per heavy atom. The van der Waals surface area contributed by atoms with Crippen LogP contribution in [-0.2, 0) is 6.11 Å². The molecule has 0 atom stereocenters. The van der Waals surface area contributed by atoms with Crippen molar-refractivity contribution in [2.45, 2.75) is 69.8 Å². The molecule has 0 aliphatic heterocycles. The maximum Gasteiger partial charge on any atom is 0.573 e. The van der Waals surface area contributed by atoms with Crippen LogP contribution < -0.4 is 9.47 Å². The highest BCUT2D eigenvalue weighted by Crippen LogP contribution is 2.45. The first-order chi connectivity index (χ1) is 16.8. The monoisotopic (exact) mass is 526 g/mol. The van der Waals surface area contributed by atoms with Gasteiger partial charge in [-0.15, -0.1) is 13.2 Å². The van der Waals surface area contributed by atoms with E-state index in [2.05, 4.69) is 9.47 Å². The highest BCUT2D eigenvalue weighted by atomic mass is 19.4. The number of hydrogen-bond acceptors (Lipinski definition) is 2. The largest absolute Gasteiger partial charge is 0.573 e. The van der Waals surface area contributed by atoms with Gasteiger partial charge in [0.25, 0.3) is 0 Å². The molecule has 2 fully saturated rings. The summed E-state index contributed by atoms with van der Waals surface area (Å²) < 4.78 is 130. The van der Waals surface area contributed by atoms with Gasteiger partial charge in [-0.25, -0.2) is 17.6 Å². The van der Waals surface area contributed by atoms with Crippen LogP contribution in [0.2, 0.25) is 0 Å². The molecule has 2 aliphatic rings. The Morgan fingerprint density at radius 3 is 1.61 bits per heavy atom. The van der Waals surface area contributed by atoms with Crippen LogP contribution in [0.3, 0.4) is 0 Å². The summed E-state index contributed by atoms with van der Waals surface area (Å²) in [4.78, 5) is 0. The molecule has 2 aliphatic carbocycles. The second-order valence-electron chi connectivity index (χ2n) is 9.40. The quantitative estimate of drug-likeness (QED) is 0.351. The van der Waals surface area contributed by atoms with Crippen molar-refractivity contribution in [2.75, 3.05) is 0 Å². The summed E-state index contributed by atoms with van der Waals surface area (Å²) in [5.74, 6) is -9.35. The summed E-state index contributed by atoms with van der Waals surface area (Å²) in [6.45, 7) is 0. The first kappa shape index (κ1) is 26.5. The van der Waals surface area contributed by atoms with Crippen LogP contribution in [0.4, 0.5) is 39.5 Å². The molecule has 0 unspecified atom stereocenters. The molecule has 0 heterocycles. The predicted octanol–water partition coefficient (Wildman–Crippen LogP) is 8.73. The molecule has 11 heteroatoms. The van der Waals surface area contributed by atoms with Crippen LogP contribution in [-0.4, -0.2) is 6.36 Å². The number of hydrogen-bond donors (Lipinski definition) is 0. The lowest BCUT2D eigenvalue weighted by molar-refractivity contribution is -0.276. The number of alkyl halides is 5. The molecule has 2 aromatic rings. The fraction of sp³-hybridized carbons (Fsp3) is 0.520. The Bertz CT molecular complexity index is 1040. The zero-order valence-corrected chi connectivity index (χ0v) is 18.9. The van der Waals surface area contributed by atoms with E-state index in [4.69, 9.17) is 0 Å². The zero-order valence-electron chi connectivity index (χ0n) is 18.9. The summed E-state index contributed by atoms with van der Waals surface area (Å²) in [6.07, 6.45) is -2.23. The van der Waals surface area contributed by atoms with Gasteiger partial charge in [0.2, 0.25) is 5.75 Å². The average Bonchev–Trinajstić information content (AvgIpc) is 3.30. The summed E-state index contributed by atoms with van der Waals surface area (Å²) in [6, 6.07) is 1.59. The van der Waals surface area contributed by atoms with Gasteiger partial charge in [-0.3, -0.25) is 0 Å². The van der Waals surface area contributed by atoms with Crippen LogP contribution in [0.15, 0.2) is 24.3 Å². The highest BCUT2D eigenvalue weighted by Gasteiger charge is 2.42. The summed E-state index contributed by atoms with van der Waals surface area (Å²) in [5, 5.41) is 0. The lowest BCUT2D eigenvalue weighted by Crippen LogP contribution is -2.26. The van der Waals surface area contributed by atoms with Crippen LogP contribution >= 0.6 is 0 Å². The van der Waals surface area contributed by atoms with Crippen molar-refractivity contribution in [3.8, 4) is 11.5 Å². The van der Waals surface area contributed by atoms with Crippen molar-refractivity contribution in [1.29, 1.82) is 0 Å². The van der Waals surface area contributed by atoms with Crippen LogP contribution in [0.5, 0.6) is 11.5 Å². The van der Waals surface area contributed by atoms with Crippen molar-refractivity contribution in [2.24, 2.45) is 11.8 Å². The second-order valence-corrected chi connectivity index (χ2v) is 9.40. The second kappa shape index (κ2) is 10.0. The Labute approximate surface area is 201 Å². The molecule has 2 saturated carbocycles. The minimum absolute atomic E-state index is 0.00889. The summed E-state index contributed by atoms with van der Waals surface area (Å²) in [5.41, 5.74) is -1.54. The molecule has 0 spiro atoms. The van der Waals surface area contributed by atoms with Gasteiger partial charge in [0, 0.05) is 12.1 Å². The smallest absolute Gasteiger partial charge is 0.429 e. The van der Waals surface area contributed by atoms with E-state index in [1.807, 2.05) is 0 Å². The molecule has 0 aromatic heterocycles. The van der Waals surface area contributed by atoms with Crippen molar-refractivity contribution >= 4 is 0 Å². The van der Waals surface area contributed by atoms with Gasteiger partial charge in [0.1, 0.15) is 22.9 Å². The van der Waals surface area contributed by atoms with Gasteiger partial charge in [-0.05, 0) is 61.1 Å². The molecule has 198 valence electrons. The summed E-state index contributed by atoms with van der Waals surface area (Å²) >= 11 is 0. The topological polar surface area (TPSA) is 18.5 Å². The van der Waals surface area contributed by atoms with Crippen LogP contribution in [0.25, 0.3) is 0 Å². The molecule has 2 nitrogen and oxygen atoms in total. The van der Waals surface area contributed by atoms with Crippen molar-refractivity contribution < 1.29 is 49.0 Å². The Hall–Kier alpha value is -2.59. The third kappa shape index (κ3) is 5.86. The fourth-order valence-corrected chi connectivity index (χ4v) is 5.47. The van der Waals surface area contributed by atoms with Crippen molar-refractivity contribution in [3.63, 3.8) is 0 Å². The van der Waals surface area contributed by atoms with Gasteiger partial charge >= 0.3 is 12.5 Å². The van der Waals surface area contributed by atoms with Crippen LogP contribution in [0.1, 0.15) is 68.4 Å². The van der Waals surface area contributed by atoms with Crippen LogP contribution in [0, 0.1) is 35.1 Å². The SMILES string of the molecule is Fc1cc(OC(F)(F)c2c(F)cc(C3CCC(C4CCCC4)CC3)cc2F)cc(F)c1OC(F)(F)F. The van der Waals surface area contributed by atoms with E-state index in [1.165, 1.54) is 25.7 Å². The lowest BCUT2D eigenvalue weighted by atomic mass is 9.73. The van der Waals surface area contributed by atoms with Gasteiger partial charge < -0.3 is 9.47 Å². The van der Waals surface area contributed by atoms with E-state index in [0.717, 1.165) is 25.0 Å². The van der Waals surface area contributed by atoms with E-state index < -0.39 is 52.8 Å². The van der Waals surface area contributed by atoms with E-state index in [-0.39, 0.29) is 23.6 Å². The van der Waals surface area contributed by atoms with Crippen molar-refractivity contribution in [3.05, 3.63) is 58.7 Å². The minimum Gasteiger partial charge on any atom is -0.429 e. The molecule has 0 saturated heterocycles. The number of benzene rings is 2. The fourth-order valence-electron chi connectivity index (χ4n) is 5.47. The maximum absolute atomic E-state index is 14.7. The number of halogens is 9. The molecule has 0 amide bonds. The molecular formula is C25H23F9O2. The number of rotatable bonds is 6. The molecule has 4 rings (SSSR count). The molecule has 2 aromatic carbocycles. The standard InChI is InChI=1S/C25H23F9O2/c26-18-9-16(15-7-5-14(6-8-15)13-3-1-2-4-13)10-19(27)22(18)24(30,31)35-17-11-20(28)23(21(29)12-17)36-25(32,33)34/h9-15H,1-8H2. The Morgan fingerprint density at radius 1 is 0.611 bits per heavy atom. The Balaban J connectivity index is 1.50. The number of ether oxygens (including phenoxy) is 2. The maximum atomic E-state index is 14.7. The molecule has 0 bridgehead atoms. The molecule has 36 heavy (non-hydrogen) atoms. The molecular weight excluding hydrogens is 503 g/mol. The van der Waals surface area contributed by atoms with E-state index >= 15 is 0 Å². The van der Waals surface area contributed by atoms with Gasteiger partial charge in [-0.2, -0.15) is 8.78 Å². The van der Waals surface area contributed by atoms with Gasteiger partial charge in [0.05, 0.1) is 0 Å². The third-order valence-corrected chi connectivity index (χ3v) is 7.10. The van der Waals surface area contributed by atoms with E-state index in [0.29, 0.717) is 24.7 Å². The van der Waals surface area contributed by atoms with Crippen molar-refractivity contribution in [1.82, 2.24) is 0 Å². The average molecular weight is 526 g/mol. The van der Waals surface area contributed by atoms with Gasteiger partial charge in [-0.1, -0.05) is 25.7 Å². The minimum atomic E-state index is -5.45. The first-order valence-corrected chi connectivity index (χ1v) is 11.6. The zero-order chi connectivity index (χ0) is 26.3. The lowest BCUT2D eigenvalue weighted by Gasteiger charge is -2.32. The molecule has 0 N–H and O–H groups in total.